The predicted molar refractivity (Wildman–Crippen MR) is 111 cm³/mol. The Kier molecular flexibility index (Phi) is 5.98. The summed E-state index contributed by atoms with van der Waals surface area (Å²) in [5.41, 5.74) is 0.188. The summed E-state index contributed by atoms with van der Waals surface area (Å²) in [6.07, 6.45) is 12.5. The summed E-state index contributed by atoms with van der Waals surface area (Å²) in [7, 11) is 1.91. The van der Waals surface area contributed by atoms with Gasteiger partial charge in [-0.3, -0.25) is 4.99 Å². The van der Waals surface area contributed by atoms with E-state index in [1.165, 1.54) is 70.9 Å². The van der Waals surface area contributed by atoms with Crippen molar-refractivity contribution in [2.24, 2.45) is 16.3 Å². The number of likely N-dealkylation sites (tertiary alicyclic amines) is 1. The second kappa shape index (κ2) is 8.28. The molecule has 0 aromatic heterocycles. The Morgan fingerprint density at radius 2 is 1.70 bits per heavy atom. The summed E-state index contributed by atoms with van der Waals surface area (Å²) in [5, 5.41) is 7.49. The minimum atomic E-state index is 0.188. The van der Waals surface area contributed by atoms with Gasteiger partial charge in [0.05, 0.1) is 6.10 Å². The number of piperidine rings is 1. The Hall–Kier alpha value is -0.810. The lowest BCUT2D eigenvalue weighted by Gasteiger charge is -2.60. The number of hydrogen-bond donors (Lipinski definition) is 2. The van der Waals surface area contributed by atoms with Gasteiger partial charge in [-0.2, -0.15) is 0 Å². The molecule has 0 spiro atoms. The smallest absolute Gasteiger partial charge is 0.191 e. The number of guanidine groups is 1. The third-order valence-electron chi connectivity index (χ3n) is 7.81. The summed E-state index contributed by atoms with van der Waals surface area (Å²) in [5.74, 6) is 1.63. The van der Waals surface area contributed by atoms with Crippen LogP contribution in [0.1, 0.15) is 71.6 Å². The molecule has 0 amide bonds. The normalized spacial score (nSPS) is 36.0. The van der Waals surface area contributed by atoms with Crippen molar-refractivity contribution >= 4 is 5.96 Å². The van der Waals surface area contributed by atoms with E-state index in [1.807, 2.05) is 7.05 Å². The van der Waals surface area contributed by atoms with Crippen LogP contribution >= 0.6 is 0 Å². The number of rotatable bonds is 3. The SMILES string of the molecule is CN=C(NC1CCN(C2CCCCC2)CC1)NC1C2CCCOC2C1(C)C. The zero-order chi connectivity index (χ0) is 18.9. The van der Waals surface area contributed by atoms with Crippen molar-refractivity contribution in [1.82, 2.24) is 15.5 Å². The number of nitrogens with one attached hydrogen (secondary N) is 2. The molecule has 2 aliphatic carbocycles. The highest BCUT2D eigenvalue weighted by Gasteiger charge is 2.58. The molecule has 27 heavy (non-hydrogen) atoms. The molecular formula is C22H40N4O. The van der Waals surface area contributed by atoms with Gasteiger partial charge in [-0.05, 0) is 38.5 Å². The van der Waals surface area contributed by atoms with Gasteiger partial charge in [0.25, 0.3) is 0 Å². The van der Waals surface area contributed by atoms with Gasteiger partial charge in [-0.25, -0.2) is 0 Å². The average molecular weight is 377 g/mol. The van der Waals surface area contributed by atoms with Crippen molar-refractivity contribution in [1.29, 1.82) is 0 Å². The van der Waals surface area contributed by atoms with Gasteiger partial charge in [0.1, 0.15) is 0 Å². The van der Waals surface area contributed by atoms with E-state index in [4.69, 9.17) is 4.74 Å². The van der Waals surface area contributed by atoms with E-state index in [2.05, 4.69) is 34.4 Å². The lowest BCUT2D eigenvalue weighted by Crippen LogP contribution is -2.71. The maximum atomic E-state index is 6.05. The number of ether oxygens (including phenoxy) is 1. The molecule has 2 saturated carbocycles. The maximum absolute atomic E-state index is 6.05. The number of fused-ring (bicyclic) bond motifs is 1. The number of aliphatic imine (C=N–C) groups is 1. The van der Waals surface area contributed by atoms with Crippen LogP contribution in [-0.2, 0) is 4.74 Å². The highest BCUT2D eigenvalue weighted by molar-refractivity contribution is 5.80. The highest BCUT2D eigenvalue weighted by atomic mass is 16.5. The Morgan fingerprint density at radius 3 is 2.41 bits per heavy atom. The molecule has 2 heterocycles. The molecule has 154 valence electrons. The van der Waals surface area contributed by atoms with E-state index >= 15 is 0 Å². The lowest BCUT2D eigenvalue weighted by atomic mass is 9.55. The fraction of sp³-hybridized carbons (Fsp3) is 0.955. The van der Waals surface area contributed by atoms with E-state index in [0.29, 0.717) is 24.1 Å². The number of nitrogens with zero attached hydrogens (tertiary/aromatic N) is 2. The monoisotopic (exact) mass is 376 g/mol. The molecule has 3 unspecified atom stereocenters. The number of hydrogen-bond acceptors (Lipinski definition) is 3. The van der Waals surface area contributed by atoms with Crippen LogP contribution in [0.15, 0.2) is 4.99 Å². The van der Waals surface area contributed by atoms with E-state index in [0.717, 1.165) is 18.6 Å². The van der Waals surface area contributed by atoms with Gasteiger partial charge >= 0.3 is 0 Å². The molecule has 0 aromatic rings. The van der Waals surface area contributed by atoms with Crippen LogP contribution in [0, 0.1) is 11.3 Å². The van der Waals surface area contributed by atoms with E-state index in [9.17, 15) is 0 Å². The molecule has 4 aliphatic rings. The van der Waals surface area contributed by atoms with Crippen LogP contribution in [-0.4, -0.2) is 61.8 Å². The molecule has 5 nitrogen and oxygen atoms in total. The van der Waals surface area contributed by atoms with Gasteiger partial charge in [0.15, 0.2) is 5.96 Å². The largest absolute Gasteiger partial charge is 0.377 e. The standard InChI is InChI=1S/C22H40N4O/c1-22(2)19(18-10-7-15-27-20(18)22)25-21(23-3)24-16-11-13-26(14-12-16)17-8-5-4-6-9-17/h16-20H,4-15H2,1-3H3,(H2,23,24,25). The topological polar surface area (TPSA) is 48.9 Å². The van der Waals surface area contributed by atoms with Crippen molar-refractivity contribution in [3.63, 3.8) is 0 Å². The van der Waals surface area contributed by atoms with Gasteiger partial charge < -0.3 is 20.3 Å². The first-order chi connectivity index (χ1) is 13.1. The quantitative estimate of drug-likeness (QED) is 0.587. The van der Waals surface area contributed by atoms with E-state index in [-0.39, 0.29) is 5.41 Å². The Morgan fingerprint density at radius 1 is 0.963 bits per heavy atom. The minimum Gasteiger partial charge on any atom is -0.377 e. The molecule has 2 saturated heterocycles. The van der Waals surface area contributed by atoms with Crippen LogP contribution in [0.2, 0.25) is 0 Å². The third kappa shape index (κ3) is 4.00. The van der Waals surface area contributed by atoms with Crippen LogP contribution in [0.4, 0.5) is 0 Å². The fourth-order valence-electron chi connectivity index (χ4n) is 6.18. The molecule has 0 bridgehead atoms. The molecule has 4 fully saturated rings. The Balaban J connectivity index is 1.26. The van der Waals surface area contributed by atoms with Gasteiger partial charge in [0, 0.05) is 56.2 Å². The summed E-state index contributed by atoms with van der Waals surface area (Å²) in [6, 6.07) is 1.88. The van der Waals surface area contributed by atoms with Crippen molar-refractivity contribution in [3.8, 4) is 0 Å². The summed E-state index contributed by atoms with van der Waals surface area (Å²) in [4.78, 5) is 7.31. The third-order valence-corrected chi connectivity index (χ3v) is 7.81. The Labute approximate surface area is 165 Å². The van der Waals surface area contributed by atoms with Gasteiger partial charge in [0.2, 0.25) is 0 Å². The summed E-state index contributed by atoms with van der Waals surface area (Å²) >= 11 is 0. The zero-order valence-corrected chi connectivity index (χ0v) is 17.7. The lowest BCUT2D eigenvalue weighted by molar-refractivity contribution is -0.188. The van der Waals surface area contributed by atoms with Gasteiger partial charge in [-0.1, -0.05) is 33.1 Å². The van der Waals surface area contributed by atoms with E-state index < -0.39 is 0 Å². The van der Waals surface area contributed by atoms with Crippen LogP contribution in [0.3, 0.4) is 0 Å². The first kappa shape index (κ1) is 19.5. The fourth-order valence-corrected chi connectivity index (χ4v) is 6.18. The molecule has 5 heteroatoms. The first-order valence-electron chi connectivity index (χ1n) is 11.4. The maximum Gasteiger partial charge on any atom is 0.191 e. The molecule has 2 aliphatic heterocycles. The second-order valence-electron chi connectivity index (χ2n) is 9.86. The van der Waals surface area contributed by atoms with Crippen molar-refractivity contribution < 1.29 is 4.74 Å². The van der Waals surface area contributed by atoms with Crippen molar-refractivity contribution in [3.05, 3.63) is 0 Å². The van der Waals surface area contributed by atoms with Crippen molar-refractivity contribution in [2.45, 2.75) is 95.9 Å². The molecule has 0 aromatic carbocycles. The van der Waals surface area contributed by atoms with Gasteiger partial charge in [-0.15, -0.1) is 0 Å². The van der Waals surface area contributed by atoms with Crippen molar-refractivity contribution in [2.75, 3.05) is 26.7 Å². The highest BCUT2D eigenvalue weighted by Crippen LogP contribution is 2.51. The molecule has 0 radical (unpaired) electrons. The van der Waals surface area contributed by atoms with Crippen LogP contribution in [0.5, 0.6) is 0 Å². The summed E-state index contributed by atoms with van der Waals surface area (Å²) in [6.45, 7) is 8.10. The Bertz CT molecular complexity index is 520. The molecule has 3 atom stereocenters. The minimum absolute atomic E-state index is 0.188. The molecule has 4 rings (SSSR count). The molecule has 2 N–H and O–H groups in total. The second-order valence-corrected chi connectivity index (χ2v) is 9.86. The van der Waals surface area contributed by atoms with Crippen LogP contribution < -0.4 is 10.6 Å². The summed E-state index contributed by atoms with van der Waals surface area (Å²) < 4.78 is 6.05. The predicted octanol–water partition coefficient (Wildman–Crippen LogP) is 3.15. The molecular weight excluding hydrogens is 336 g/mol. The van der Waals surface area contributed by atoms with Crippen LogP contribution in [0.25, 0.3) is 0 Å². The average Bonchev–Trinajstić information content (AvgIpc) is 2.72. The first-order valence-corrected chi connectivity index (χ1v) is 11.4. The zero-order valence-electron chi connectivity index (χ0n) is 17.7. The van der Waals surface area contributed by atoms with E-state index in [1.54, 1.807) is 0 Å².